The molecular weight excluding hydrogens is 492 g/mol. The van der Waals surface area contributed by atoms with Crippen molar-refractivity contribution in [1.29, 1.82) is 0 Å². The summed E-state index contributed by atoms with van der Waals surface area (Å²) in [6, 6.07) is 10.6. The lowest BCUT2D eigenvalue weighted by molar-refractivity contribution is 0.0561. The lowest BCUT2D eigenvalue weighted by atomic mass is 9.51. The molecule has 2 saturated heterocycles. The van der Waals surface area contributed by atoms with Crippen LogP contribution in [-0.2, 0) is 37.8 Å². The van der Waals surface area contributed by atoms with Crippen LogP contribution >= 0.6 is 0 Å². The highest BCUT2D eigenvalue weighted by Gasteiger charge is 2.54. The van der Waals surface area contributed by atoms with E-state index in [1.807, 2.05) is 12.7 Å². The van der Waals surface area contributed by atoms with E-state index in [0.717, 1.165) is 37.0 Å². The number of imidazole rings is 2. The lowest BCUT2D eigenvalue weighted by Crippen LogP contribution is -2.62. The van der Waals surface area contributed by atoms with Gasteiger partial charge in [0.2, 0.25) is 0 Å². The molecule has 2 aromatic heterocycles. The predicted octanol–water partition coefficient (Wildman–Crippen LogP) is 5.55. The van der Waals surface area contributed by atoms with Gasteiger partial charge in [-0.15, -0.1) is 0 Å². The molecule has 0 amide bonds. The molecular formula is C34H46N6. The van der Waals surface area contributed by atoms with E-state index in [0.29, 0.717) is 22.9 Å². The van der Waals surface area contributed by atoms with Crippen molar-refractivity contribution in [3.63, 3.8) is 0 Å². The Kier molecular flexibility index (Phi) is 5.52. The average Bonchev–Trinajstić information content (AvgIpc) is 3.44. The normalized spacial score (nSPS) is 31.3. The molecule has 8 rings (SSSR count). The Hall–Kier alpha value is -2.70. The molecule has 2 N–H and O–H groups in total. The van der Waals surface area contributed by atoms with Crippen LogP contribution in [0.4, 0.5) is 0 Å². The summed E-state index contributed by atoms with van der Waals surface area (Å²) < 4.78 is 4.26. The number of benzene rings is 2. The average molecular weight is 539 g/mol. The van der Waals surface area contributed by atoms with Crippen LogP contribution in [0.15, 0.2) is 36.9 Å². The highest BCUT2D eigenvalue weighted by molar-refractivity contribution is 5.79. The van der Waals surface area contributed by atoms with E-state index >= 15 is 0 Å². The van der Waals surface area contributed by atoms with Gasteiger partial charge in [-0.1, -0.05) is 41.5 Å². The zero-order chi connectivity index (χ0) is 28.2. The SMILES string of the molecule is Cn1cnc2cc3c(cc21)C[C@H]1NCC[C@]3(C)C1(C)C.Cn1cnc2cc3c(cc21)[C@]1(C)CCN[C@H](C3)C1(C)C. The summed E-state index contributed by atoms with van der Waals surface area (Å²) in [6.45, 7) is 16.9. The number of fused-ring (bicyclic) bond motifs is 10. The van der Waals surface area contributed by atoms with Gasteiger partial charge in [-0.25, -0.2) is 9.97 Å². The van der Waals surface area contributed by atoms with Crippen molar-refractivity contribution in [2.24, 2.45) is 24.9 Å². The van der Waals surface area contributed by atoms with Crippen LogP contribution in [0, 0.1) is 10.8 Å². The fraction of sp³-hybridized carbons (Fsp3) is 0.588. The van der Waals surface area contributed by atoms with Gasteiger partial charge in [0.05, 0.1) is 34.7 Å². The summed E-state index contributed by atoms with van der Waals surface area (Å²) in [6.07, 6.45) is 8.54. The second kappa shape index (κ2) is 8.42. The molecule has 4 heterocycles. The van der Waals surface area contributed by atoms with Crippen LogP contribution in [0.5, 0.6) is 0 Å². The number of nitrogens with zero attached hydrogens (tertiary/aromatic N) is 4. The van der Waals surface area contributed by atoms with Crippen molar-refractivity contribution < 1.29 is 0 Å². The Balaban J connectivity index is 0.000000132. The van der Waals surface area contributed by atoms with E-state index in [9.17, 15) is 0 Å². The Morgan fingerprint density at radius 2 is 1.10 bits per heavy atom. The van der Waals surface area contributed by atoms with Crippen LogP contribution in [0.25, 0.3) is 22.1 Å². The van der Waals surface area contributed by atoms with Gasteiger partial charge in [-0.2, -0.15) is 0 Å². The minimum absolute atomic E-state index is 0.252. The van der Waals surface area contributed by atoms with Crippen LogP contribution in [0.2, 0.25) is 0 Å². The van der Waals surface area contributed by atoms with Gasteiger partial charge in [0.1, 0.15) is 0 Å². The first kappa shape index (κ1) is 26.2. The summed E-state index contributed by atoms with van der Waals surface area (Å²) in [7, 11) is 4.17. The molecule has 4 atom stereocenters. The number of hydrogen-bond donors (Lipinski definition) is 2. The smallest absolute Gasteiger partial charge is 0.0955 e. The molecule has 2 aliphatic carbocycles. The molecule has 0 saturated carbocycles. The molecule has 4 aromatic rings. The quantitative estimate of drug-likeness (QED) is 0.308. The zero-order valence-electron chi connectivity index (χ0n) is 25.7. The van der Waals surface area contributed by atoms with Crippen molar-refractivity contribution in [2.75, 3.05) is 13.1 Å². The molecule has 4 bridgehead atoms. The maximum atomic E-state index is 4.56. The van der Waals surface area contributed by atoms with Gasteiger partial charge in [-0.3, -0.25) is 0 Å². The molecule has 0 spiro atoms. The second-order valence-corrected chi connectivity index (χ2v) is 14.7. The zero-order valence-corrected chi connectivity index (χ0v) is 25.7. The molecule has 212 valence electrons. The first-order chi connectivity index (χ1) is 18.9. The van der Waals surface area contributed by atoms with Crippen molar-refractivity contribution in [2.45, 2.75) is 90.1 Å². The van der Waals surface area contributed by atoms with Gasteiger partial charge in [0.15, 0.2) is 0 Å². The monoisotopic (exact) mass is 538 g/mol. The van der Waals surface area contributed by atoms with E-state index in [1.54, 1.807) is 5.56 Å². The molecule has 2 aliphatic heterocycles. The van der Waals surface area contributed by atoms with Crippen molar-refractivity contribution in [1.82, 2.24) is 29.7 Å². The van der Waals surface area contributed by atoms with E-state index in [2.05, 4.69) is 110 Å². The Morgan fingerprint density at radius 1 is 0.650 bits per heavy atom. The molecule has 40 heavy (non-hydrogen) atoms. The highest BCUT2D eigenvalue weighted by atomic mass is 15.0. The summed E-state index contributed by atoms with van der Waals surface area (Å²) >= 11 is 0. The first-order valence-electron chi connectivity index (χ1n) is 15.2. The van der Waals surface area contributed by atoms with Crippen LogP contribution in [0.3, 0.4) is 0 Å². The van der Waals surface area contributed by atoms with Crippen molar-refractivity contribution >= 4 is 22.1 Å². The van der Waals surface area contributed by atoms with Gasteiger partial charge in [0.25, 0.3) is 0 Å². The Morgan fingerprint density at radius 3 is 1.65 bits per heavy atom. The molecule has 0 radical (unpaired) electrons. The van der Waals surface area contributed by atoms with E-state index < -0.39 is 0 Å². The maximum Gasteiger partial charge on any atom is 0.0955 e. The number of aryl methyl sites for hydroxylation is 2. The fourth-order valence-corrected chi connectivity index (χ4v) is 8.77. The van der Waals surface area contributed by atoms with Crippen LogP contribution in [0.1, 0.15) is 76.6 Å². The third kappa shape index (κ3) is 3.35. The molecule has 4 aliphatic rings. The number of aromatic nitrogens is 4. The van der Waals surface area contributed by atoms with Gasteiger partial charge in [0, 0.05) is 37.0 Å². The third-order valence-corrected chi connectivity index (χ3v) is 12.6. The van der Waals surface area contributed by atoms with E-state index in [1.165, 1.54) is 40.6 Å². The fourth-order valence-electron chi connectivity index (χ4n) is 8.77. The minimum atomic E-state index is 0.252. The number of nitrogens with one attached hydrogen (secondary N) is 2. The van der Waals surface area contributed by atoms with Crippen LogP contribution in [-0.4, -0.2) is 44.3 Å². The summed E-state index contributed by atoms with van der Waals surface area (Å²) in [4.78, 5) is 9.08. The largest absolute Gasteiger partial charge is 0.334 e. The molecule has 2 fully saturated rings. The first-order valence-corrected chi connectivity index (χ1v) is 15.2. The van der Waals surface area contributed by atoms with Crippen molar-refractivity contribution in [3.05, 3.63) is 59.2 Å². The molecule has 2 aromatic carbocycles. The molecule has 6 heteroatoms. The number of rotatable bonds is 0. The number of piperidine rings is 2. The van der Waals surface area contributed by atoms with Crippen molar-refractivity contribution in [3.8, 4) is 0 Å². The lowest BCUT2D eigenvalue weighted by Gasteiger charge is -2.57. The predicted molar refractivity (Wildman–Crippen MR) is 164 cm³/mol. The standard InChI is InChI=1S/2C17H23N3/c1-16(2)15-8-11-7-14-13(19-10-20(14)4)9-12(11)17(16,3)5-6-18-15;1-16(2)15-8-11-7-13-14(20(4)10-19-13)9-12(11)17(16,3)5-6-18-15/h2*7,9-10,15,18H,5-6,8H2,1-4H3/t2*15-,17+/m11/s1. The summed E-state index contributed by atoms with van der Waals surface area (Å²) in [5.41, 5.74) is 12.0. The van der Waals surface area contributed by atoms with Gasteiger partial charge < -0.3 is 19.8 Å². The maximum absolute atomic E-state index is 4.56. The number of hydrogen-bond acceptors (Lipinski definition) is 4. The summed E-state index contributed by atoms with van der Waals surface area (Å²) in [5.74, 6) is 0. The second-order valence-electron chi connectivity index (χ2n) is 14.7. The Labute approximate surface area is 239 Å². The van der Waals surface area contributed by atoms with E-state index in [-0.39, 0.29) is 10.8 Å². The minimum Gasteiger partial charge on any atom is -0.334 e. The van der Waals surface area contributed by atoms with Gasteiger partial charge in [-0.05, 0) is 96.1 Å². The van der Waals surface area contributed by atoms with E-state index in [4.69, 9.17) is 0 Å². The van der Waals surface area contributed by atoms with Gasteiger partial charge >= 0.3 is 0 Å². The molecule has 0 unspecified atom stereocenters. The Bertz CT molecular complexity index is 1640. The molecule has 6 nitrogen and oxygen atoms in total. The summed E-state index contributed by atoms with van der Waals surface area (Å²) in [5, 5.41) is 7.48. The topological polar surface area (TPSA) is 59.7 Å². The van der Waals surface area contributed by atoms with Crippen LogP contribution < -0.4 is 10.6 Å². The third-order valence-electron chi connectivity index (χ3n) is 12.6. The highest BCUT2D eigenvalue weighted by Crippen LogP contribution is 2.55.